The van der Waals surface area contributed by atoms with Crippen LogP contribution in [0.15, 0.2) is 42.5 Å². The standard InChI is InChI=1S/C20H24N2O3/c1-14-7-4-5-8-16(14)18-9-6-12-22(18)20(23)21-17-11-10-15(24-2)13-19(17)25-3/h4-5,7-8,10-11,13,18H,6,9,12H2,1-3H3,(H,21,23)/t18-/m0/s1. The second-order valence-corrected chi connectivity index (χ2v) is 6.20. The van der Waals surface area contributed by atoms with Crippen molar-refractivity contribution in [2.24, 2.45) is 0 Å². The Morgan fingerprint density at radius 2 is 1.96 bits per heavy atom. The van der Waals surface area contributed by atoms with E-state index in [1.165, 1.54) is 11.1 Å². The van der Waals surface area contributed by atoms with Crippen LogP contribution in [0.5, 0.6) is 11.5 Å². The Morgan fingerprint density at radius 3 is 2.68 bits per heavy atom. The second-order valence-electron chi connectivity index (χ2n) is 6.20. The number of amides is 2. The number of anilines is 1. The smallest absolute Gasteiger partial charge is 0.322 e. The number of carbonyl (C=O) groups is 1. The van der Waals surface area contributed by atoms with E-state index in [2.05, 4.69) is 24.4 Å². The molecule has 0 unspecified atom stereocenters. The Bertz CT molecular complexity index is 760. The summed E-state index contributed by atoms with van der Waals surface area (Å²) in [5, 5.41) is 2.98. The molecule has 1 aliphatic rings. The van der Waals surface area contributed by atoms with Gasteiger partial charge in [0.1, 0.15) is 11.5 Å². The first-order chi connectivity index (χ1) is 12.1. The van der Waals surface area contributed by atoms with E-state index >= 15 is 0 Å². The molecule has 2 aromatic rings. The van der Waals surface area contributed by atoms with Gasteiger partial charge < -0.3 is 19.7 Å². The van der Waals surface area contributed by atoms with Crippen LogP contribution >= 0.6 is 0 Å². The number of nitrogens with zero attached hydrogens (tertiary/aromatic N) is 1. The highest BCUT2D eigenvalue weighted by Gasteiger charge is 2.31. The first kappa shape index (κ1) is 17.1. The number of nitrogens with one attached hydrogen (secondary N) is 1. The molecule has 2 aromatic carbocycles. The van der Waals surface area contributed by atoms with Crippen LogP contribution in [0.2, 0.25) is 0 Å². The molecule has 5 nitrogen and oxygen atoms in total. The molecule has 1 aliphatic heterocycles. The van der Waals surface area contributed by atoms with Gasteiger partial charge in [0.2, 0.25) is 0 Å². The average Bonchev–Trinajstić information content (AvgIpc) is 3.12. The molecule has 0 bridgehead atoms. The summed E-state index contributed by atoms with van der Waals surface area (Å²) in [5.74, 6) is 1.27. The van der Waals surface area contributed by atoms with Crippen LogP contribution in [0.4, 0.5) is 10.5 Å². The van der Waals surface area contributed by atoms with Crippen LogP contribution in [-0.4, -0.2) is 31.7 Å². The van der Waals surface area contributed by atoms with Gasteiger partial charge in [-0.25, -0.2) is 4.79 Å². The molecule has 3 rings (SSSR count). The molecule has 2 amide bonds. The number of ether oxygens (including phenoxy) is 2. The fraction of sp³-hybridized carbons (Fsp3) is 0.350. The summed E-state index contributed by atoms with van der Waals surface area (Å²) in [4.78, 5) is 14.8. The highest BCUT2D eigenvalue weighted by Crippen LogP contribution is 2.35. The summed E-state index contributed by atoms with van der Waals surface area (Å²) in [5.41, 5.74) is 3.08. The van der Waals surface area contributed by atoms with Crippen LogP contribution in [0.25, 0.3) is 0 Å². The summed E-state index contributed by atoms with van der Waals surface area (Å²) in [6, 6.07) is 13.6. The lowest BCUT2D eigenvalue weighted by Crippen LogP contribution is -2.34. The van der Waals surface area contributed by atoms with E-state index in [0.29, 0.717) is 17.2 Å². The van der Waals surface area contributed by atoms with Gasteiger partial charge in [-0.05, 0) is 43.0 Å². The minimum absolute atomic E-state index is 0.103. The third-order valence-corrected chi connectivity index (χ3v) is 4.71. The Hall–Kier alpha value is -2.69. The average molecular weight is 340 g/mol. The lowest BCUT2D eigenvalue weighted by molar-refractivity contribution is 0.207. The van der Waals surface area contributed by atoms with Gasteiger partial charge in [-0.3, -0.25) is 0 Å². The summed E-state index contributed by atoms with van der Waals surface area (Å²) < 4.78 is 10.6. The van der Waals surface area contributed by atoms with Gasteiger partial charge in [-0.15, -0.1) is 0 Å². The summed E-state index contributed by atoms with van der Waals surface area (Å²) in [7, 11) is 3.18. The number of hydrogen-bond acceptors (Lipinski definition) is 3. The maximum atomic E-state index is 12.9. The molecule has 1 heterocycles. The van der Waals surface area contributed by atoms with E-state index in [1.807, 2.05) is 17.0 Å². The molecule has 25 heavy (non-hydrogen) atoms. The Balaban J connectivity index is 1.80. The van der Waals surface area contributed by atoms with Crippen LogP contribution in [0.1, 0.15) is 30.0 Å². The molecular weight excluding hydrogens is 316 g/mol. The van der Waals surface area contributed by atoms with E-state index in [4.69, 9.17) is 9.47 Å². The number of methoxy groups -OCH3 is 2. The van der Waals surface area contributed by atoms with Crippen molar-refractivity contribution in [1.29, 1.82) is 0 Å². The number of carbonyl (C=O) groups excluding carboxylic acids is 1. The fourth-order valence-corrected chi connectivity index (χ4v) is 3.38. The van der Waals surface area contributed by atoms with Gasteiger partial charge in [0.25, 0.3) is 0 Å². The quantitative estimate of drug-likeness (QED) is 0.898. The molecule has 132 valence electrons. The third kappa shape index (κ3) is 3.55. The number of hydrogen-bond donors (Lipinski definition) is 1. The summed E-state index contributed by atoms with van der Waals surface area (Å²) >= 11 is 0. The summed E-state index contributed by atoms with van der Waals surface area (Å²) in [6.45, 7) is 2.85. The number of rotatable bonds is 4. The van der Waals surface area contributed by atoms with Crippen LogP contribution in [0.3, 0.4) is 0 Å². The number of likely N-dealkylation sites (tertiary alicyclic amines) is 1. The summed E-state index contributed by atoms with van der Waals surface area (Å²) in [6.07, 6.45) is 1.99. The van der Waals surface area contributed by atoms with Crippen molar-refractivity contribution < 1.29 is 14.3 Å². The zero-order valence-corrected chi connectivity index (χ0v) is 14.9. The lowest BCUT2D eigenvalue weighted by atomic mass is 9.99. The van der Waals surface area contributed by atoms with Gasteiger partial charge in [-0.1, -0.05) is 24.3 Å². The SMILES string of the molecule is COc1ccc(NC(=O)N2CCC[C@H]2c2ccccc2C)c(OC)c1. The molecule has 1 saturated heterocycles. The monoisotopic (exact) mass is 340 g/mol. The molecule has 5 heteroatoms. The van der Waals surface area contributed by atoms with Gasteiger partial charge in [0, 0.05) is 12.6 Å². The molecule has 0 aromatic heterocycles. The predicted molar refractivity (Wildman–Crippen MR) is 98.4 cm³/mol. The Kier molecular flexibility index (Phi) is 5.12. The van der Waals surface area contributed by atoms with Crippen LogP contribution in [0, 0.1) is 6.92 Å². The lowest BCUT2D eigenvalue weighted by Gasteiger charge is -2.27. The maximum absolute atomic E-state index is 12.9. The molecule has 1 atom stereocenters. The molecule has 0 spiro atoms. The number of benzene rings is 2. The van der Waals surface area contributed by atoms with E-state index in [0.717, 1.165) is 19.4 Å². The van der Waals surface area contributed by atoms with Crippen molar-refractivity contribution in [2.45, 2.75) is 25.8 Å². The minimum Gasteiger partial charge on any atom is -0.497 e. The van der Waals surface area contributed by atoms with Crippen molar-refractivity contribution >= 4 is 11.7 Å². The number of urea groups is 1. The van der Waals surface area contributed by atoms with Crippen molar-refractivity contribution in [3.8, 4) is 11.5 Å². The third-order valence-electron chi connectivity index (χ3n) is 4.71. The minimum atomic E-state index is -0.103. The molecule has 1 N–H and O–H groups in total. The highest BCUT2D eigenvalue weighted by atomic mass is 16.5. The van der Waals surface area contributed by atoms with Gasteiger partial charge in [0.15, 0.2) is 0 Å². The molecule has 1 fully saturated rings. The Morgan fingerprint density at radius 1 is 1.16 bits per heavy atom. The Labute approximate surface area is 148 Å². The molecular formula is C20H24N2O3. The van der Waals surface area contributed by atoms with E-state index < -0.39 is 0 Å². The molecule has 0 saturated carbocycles. The maximum Gasteiger partial charge on any atom is 0.322 e. The van der Waals surface area contributed by atoms with Gasteiger partial charge in [-0.2, -0.15) is 0 Å². The largest absolute Gasteiger partial charge is 0.497 e. The molecule has 0 aliphatic carbocycles. The normalized spacial score (nSPS) is 16.6. The number of aryl methyl sites for hydroxylation is 1. The second kappa shape index (κ2) is 7.47. The fourth-order valence-electron chi connectivity index (χ4n) is 3.38. The first-order valence-corrected chi connectivity index (χ1v) is 8.49. The zero-order valence-electron chi connectivity index (χ0n) is 14.9. The van der Waals surface area contributed by atoms with Crippen LogP contribution in [-0.2, 0) is 0 Å². The van der Waals surface area contributed by atoms with Crippen molar-refractivity contribution in [1.82, 2.24) is 4.90 Å². The van der Waals surface area contributed by atoms with Crippen molar-refractivity contribution in [3.63, 3.8) is 0 Å². The van der Waals surface area contributed by atoms with Crippen molar-refractivity contribution in [2.75, 3.05) is 26.1 Å². The highest BCUT2D eigenvalue weighted by molar-refractivity contribution is 5.91. The first-order valence-electron chi connectivity index (χ1n) is 8.49. The van der Waals surface area contributed by atoms with Gasteiger partial charge >= 0.3 is 6.03 Å². The van der Waals surface area contributed by atoms with E-state index in [1.54, 1.807) is 32.4 Å². The predicted octanol–water partition coefficient (Wildman–Crippen LogP) is 4.38. The van der Waals surface area contributed by atoms with Gasteiger partial charge in [0.05, 0.1) is 25.9 Å². The zero-order chi connectivity index (χ0) is 17.8. The van der Waals surface area contributed by atoms with Crippen molar-refractivity contribution in [3.05, 3.63) is 53.6 Å². The topological polar surface area (TPSA) is 50.8 Å². The van der Waals surface area contributed by atoms with Crippen LogP contribution < -0.4 is 14.8 Å². The molecule has 0 radical (unpaired) electrons. The van der Waals surface area contributed by atoms with E-state index in [9.17, 15) is 4.79 Å². The van der Waals surface area contributed by atoms with E-state index in [-0.39, 0.29) is 12.1 Å².